The van der Waals surface area contributed by atoms with Gasteiger partial charge in [-0.1, -0.05) is 55.5 Å². The molecule has 4 nitrogen and oxygen atoms in total. The second kappa shape index (κ2) is 7.24. The molecule has 0 saturated carbocycles. The van der Waals surface area contributed by atoms with Crippen LogP contribution in [0.3, 0.4) is 0 Å². The first-order chi connectivity index (χ1) is 12.8. The summed E-state index contributed by atoms with van der Waals surface area (Å²) in [6.45, 7) is 3.58. The molecule has 26 heavy (non-hydrogen) atoms. The van der Waals surface area contributed by atoms with Gasteiger partial charge in [0.05, 0.1) is 6.04 Å². The predicted octanol–water partition coefficient (Wildman–Crippen LogP) is 4.43. The number of hydrogen-bond acceptors (Lipinski definition) is 1. The molecule has 4 heteroatoms. The number of carbonyl (C=O) groups is 1. The van der Waals surface area contributed by atoms with Crippen LogP contribution in [-0.4, -0.2) is 29.0 Å². The molecule has 0 aliphatic carbocycles. The standard InChI is InChI=1S/C22H25N3O/c1-2-20-21-18(17-10-6-7-11-19(17)24-21)13-15-25(20)22(26)23-14-12-16-8-4-3-5-9-16/h3-11,20,24H,2,12-15H2,1H3,(H,23,26). The van der Waals surface area contributed by atoms with Crippen LogP contribution < -0.4 is 5.32 Å². The van der Waals surface area contributed by atoms with E-state index in [1.54, 1.807) is 0 Å². The van der Waals surface area contributed by atoms with E-state index in [4.69, 9.17) is 0 Å². The summed E-state index contributed by atoms with van der Waals surface area (Å²) < 4.78 is 0. The number of amides is 2. The van der Waals surface area contributed by atoms with Crippen molar-refractivity contribution in [1.29, 1.82) is 0 Å². The molecule has 1 atom stereocenters. The third kappa shape index (κ3) is 3.07. The van der Waals surface area contributed by atoms with Crippen molar-refractivity contribution in [3.8, 4) is 0 Å². The Kier molecular flexibility index (Phi) is 4.65. The Morgan fingerprint density at radius 3 is 2.73 bits per heavy atom. The molecule has 2 heterocycles. The summed E-state index contributed by atoms with van der Waals surface area (Å²) in [5.41, 5.74) is 5.00. The quantitative estimate of drug-likeness (QED) is 0.721. The van der Waals surface area contributed by atoms with Crippen LogP contribution in [0.4, 0.5) is 4.79 Å². The molecule has 0 spiro atoms. The number of hydrogen-bond donors (Lipinski definition) is 2. The molecule has 1 aliphatic heterocycles. The van der Waals surface area contributed by atoms with Gasteiger partial charge in [0.2, 0.25) is 0 Å². The highest BCUT2D eigenvalue weighted by atomic mass is 16.2. The van der Waals surface area contributed by atoms with Gasteiger partial charge in [0, 0.05) is 29.7 Å². The van der Waals surface area contributed by atoms with Gasteiger partial charge in [0.15, 0.2) is 0 Å². The number of rotatable bonds is 4. The molecular formula is C22H25N3O. The van der Waals surface area contributed by atoms with Crippen molar-refractivity contribution in [2.45, 2.75) is 32.2 Å². The zero-order valence-corrected chi connectivity index (χ0v) is 15.2. The van der Waals surface area contributed by atoms with Crippen LogP contribution in [0.15, 0.2) is 54.6 Å². The molecule has 2 aromatic carbocycles. The average molecular weight is 347 g/mol. The molecular weight excluding hydrogens is 322 g/mol. The van der Waals surface area contributed by atoms with E-state index in [1.165, 1.54) is 27.7 Å². The first kappa shape index (κ1) is 16.7. The van der Waals surface area contributed by atoms with Crippen molar-refractivity contribution in [3.63, 3.8) is 0 Å². The Morgan fingerprint density at radius 2 is 1.92 bits per heavy atom. The minimum absolute atomic E-state index is 0.0390. The molecule has 3 aromatic rings. The summed E-state index contributed by atoms with van der Waals surface area (Å²) in [7, 11) is 0. The molecule has 0 radical (unpaired) electrons. The minimum Gasteiger partial charge on any atom is -0.356 e. The number of benzene rings is 2. The van der Waals surface area contributed by atoms with E-state index in [9.17, 15) is 4.79 Å². The van der Waals surface area contributed by atoms with Crippen LogP contribution >= 0.6 is 0 Å². The van der Waals surface area contributed by atoms with Crippen LogP contribution in [0.1, 0.15) is 36.2 Å². The molecule has 4 rings (SSSR count). The highest BCUT2D eigenvalue weighted by Crippen LogP contribution is 2.36. The molecule has 134 valence electrons. The van der Waals surface area contributed by atoms with E-state index in [2.05, 4.69) is 53.6 Å². The van der Waals surface area contributed by atoms with Gasteiger partial charge < -0.3 is 15.2 Å². The minimum atomic E-state index is 0.0390. The molecule has 0 saturated heterocycles. The summed E-state index contributed by atoms with van der Waals surface area (Å²) >= 11 is 0. The summed E-state index contributed by atoms with van der Waals surface area (Å²) in [5, 5.41) is 4.40. The van der Waals surface area contributed by atoms with Crippen molar-refractivity contribution >= 4 is 16.9 Å². The summed E-state index contributed by atoms with van der Waals surface area (Å²) in [6, 6.07) is 18.9. The fourth-order valence-electron chi connectivity index (χ4n) is 4.05. The Morgan fingerprint density at radius 1 is 1.15 bits per heavy atom. The maximum absolute atomic E-state index is 12.8. The summed E-state index contributed by atoms with van der Waals surface area (Å²) in [5.74, 6) is 0. The number of fused-ring (bicyclic) bond motifs is 3. The lowest BCUT2D eigenvalue weighted by Gasteiger charge is -2.35. The lowest BCUT2D eigenvalue weighted by atomic mass is 9.96. The first-order valence-corrected chi connectivity index (χ1v) is 9.45. The van der Waals surface area contributed by atoms with Crippen LogP contribution in [0, 0.1) is 0 Å². The molecule has 2 amide bonds. The maximum atomic E-state index is 12.8. The summed E-state index contributed by atoms with van der Waals surface area (Å²) in [6.07, 6.45) is 2.67. The van der Waals surface area contributed by atoms with Crippen LogP contribution in [-0.2, 0) is 12.8 Å². The zero-order valence-electron chi connectivity index (χ0n) is 15.2. The number of carbonyl (C=O) groups excluding carboxylic acids is 1. The van der Waals surface area contributed by atoms with Gasteiger partial charge in [-0.15, -0.1) is 0 Å². The fraction of sp³-hybridized carbons (Fsp3) is 0.318. The molecule has 2 N–H and O–H groups in total. The van der Waals surface area contributed by atoms with Crippen molar-refractivity contribution in [1.82, 2.24) is 15.2 Å². The molecule has 1 aliphatic rings. The Bertz CT molecular complexity index is 900. The summed E-state index contributed by atoms with van der Waals surface area (Å²) in [4.78, 5) is 18.3. The number of para-hydroxylation sites is 1. The first-order valence-electron chi connectivity index (χ1n) is 9.45. The number of nitrogens with zero attached hydrogens (tertiary/aromatic N) is 1. The van der Waals surface area contributed by atoms with Crippen molar-refractivity contribution in [2.75, 3.05) is 13.1 Å². The number of aromatic amines is 1. The van der Waals surface area contributed by atoms with Crippen LogP contribution in [0.2, 0.25) is 0 Å². The monoisotopic (exact) mass is 347 g/mol. The van der Waals surface area contributed by atoms with Crippen molar-refractivity contribution < 1.29 is 4.79 Å². The van der Waals surface area contributed by atoms with Crippen molar-refractivity contribution in [3.05, 3.63) is 71.4 Å². The second-order valence-electron chi connectivity index (χ2n) is 6.90. The predicted molar refractivity (Wildman–Crippen MR) is 105 cm³/mol. The zero-order chi connectivity index (χ0) is 17.9. The lowest BCUT2D eigenvalue weighted by Crippen LogP contribution is -2.46. The van der Waals surface area contributed by atoms with E-state index >= 15 is 0 Å². The van der Waals surface area contributed by atoms with E-state index < -0.39 is 0 Å². The van der Waals surface area contributed by atoms with E-state index in [0.29, 0.717) is 6.54 Å². The van der Waals surface area contributed by atoms with Crippen LogP contribution in [0.5, 0.6) is 0 Å². The highest BCUT2D eigenvalue weighted by Gasteiger charge is 2.31. The normalized spacial score (nSPS) is 16.5. The van der Waals surface area contributed by atoms with E-state index in [-0.39, 0.29) is 12.1 Å². The average Bonchev–Trinajstić information content (AvgIpc) is 3.06. The van der Waals surface area contributed by atoms with Gasteiger partial charge in [-0.2, -0.15) is 0 Å². The fourth-order valence-corrected chi connectivity index (χ4v) is 4.05. The van der Waals surface area contributed by atoms with Crippen LogP contribution in [0.25, 0.3) is 10.9 Å². The van der Waals surface area contributed by atoms with E-state index in [0.717, 1.165) is 25.8 Å². The van der Waals surface area contributed by atoms with Gasteiger partial charge in [0.1, 0.15) is 0 Å². The van der Waals surface area contributed by atoms with Gasteiger partial charge in [0.25, 0.3) is 0 Å². The number of aromatic nitrogens is 1. The Labute approximate surface area is 154 Å². The third-order valence-electron chi connectivity index (χ3n) is 5.34. The number of nitrogens with one attached hydrogen (secondary N) is 2. The lowest BCUT2D eigenvalue weighted by molar-refractivity contribution is 0.166. The second-order valence-corrected chi connectivity index (χ2v) is 6.90. The number of urea groups is 1. The van der Waals surface area contributed by atoms with Gasteiger partial charge in [-0.25, -0.2) is 4.79 Å². The topological polar surface area (TPSA) is 48.1 Å². The SMILES string of the molecule is CCC1c2[nH]c3ccccc3c2CCN1C(=O)NCCc1ccccc1. The van der Waals surface area contributed by atoms with Gasteiger partial charge in [-0.05, 0) is 36.5 Å². The molecule has 0 bridgehead atoms. The number of H-pyrrole nitrogens is 1. The Hall–Kier alpha value is -2.75. The van der Waals surface area contributed by atoms with Gasteiger partial charge >= 0.3 is 6.03 Å². The maximum Gasteiger partial charge on any atom is 0.317 e. The smallest absolute Gasteiger partial charge is 0.317 e. The van der Waals surface area contributed by atoms with Crippen molar-refractivity contribution in [2.24, 2.45) is 0 Å². The largest absolute Gasteiger partial charge is 0.356 e. The highest BCUT2D eigenvalue weighted by molar-refractivity contribution is 5.86. The van der Waals surface area contributed by atoms with Gasteiger partial charge in [-0.3, -0.25) is 0 Å². The molecule has 0 fully saturated rings. The molecule has 1 unspecified atom stereocenters. The van der Waals surface area contributed by atoms with E-state index in [1.807, 2.05) is 23.1 Å². The molecule has 1 aromatic heterocycles. The Balaban J connectivity index is 1.47. The third-order valence-corrected chi connectivity index (χ3v) is 5.34.